The lowest BCUT2D eigenvalue weighted by Crippen LogP contribution is -1.70. The minimum Gasteiger partial charge on any atom is -0.0958 e. The number of allylic oxidation sites excluding steroid dienone is 2. The zero-order valence-electron chi connectivity index (χ0n) is 4.66. The van der Waals surface area contributed by atoms with E-state index in [0.717, 1.165) is 11.1 Å². The highest BCUT2D eigenvalue weighted by Gasteiger charge is 1.82. The summed E-state index contributed by atoms with van der Waals surface area (Å²) >= 11 is 5.32. The van der Waals surface area contributed by atoms with Gasteiger partial charge in [-0.05, 0) is 19.4 Å². The summed E-state index contributed by atoms with van der Waals surface area (Å²) in [5.41, 5.74) is 3.60. The maximum absolute atomic E-state index is 5.32. The summed E-state index contributed by atoms with van der Waals surface area (Å²) in [5, 5.41) is 0. The van der Waals surface area contributed by atoms with Crippen LogP contribution in [-0.2, 0) is 0 Å². The Kier molecular flexibility index (Phi) is 2.77. The maximum Gasteiger partial charge on any atom is 0.00741 e. The Bertz CT molecular complexity index is 101. The Balaban J connectivity index is 3.82. The van der Waals surface area contributed by atoms with Crippen molar-refractivity contribution in [2.45, 2.75) is 13.8 Å². The second-order valence-electron chi connectivity index (χ2n) is 1.57. The Morgan fingerprint density at radius 2 is 2.00 bits per heavy atom. The van der Waals surface area contributed by atoms with Crippen molar-refractivity contribution < 1.29 is 0 Å². The molecule has 0 rings (SSSR count). The molecule has 0 radical (unpaired) electrons. The third-order valence-electron chi connectivity index (χ3n) is 0.837. The predicted molar refractivity (Wildman–Crippen MR) is 34.4 cm³/mol. The standard InChI is InChI=1S/C6H9Cl/c1-5(2)6(3)4-7/h4H,1H2,2-3H3/b6-4+. The van der Waals surface area contributed by atoms with Gasteiger partial charge in [0.05, 0.1) is 0 Å². The molecule has 0 nitrogen and oxygen atoms in total. The van der Waals surface area contributed by atoms with Crippen molar-refractivity contribution in [2.75, 3.05) is 0 Å². The third kappa shape index (κ3) is 2.46. The van der Waals surface area contributed by atoms with Gasteiger partial charge in [-0.1, -0.05) is 23.8 Å². The van der Waals surface area contributed by atoms with Crippen molar-refractivity contribution in [1.82, 2.24) is 0 Å². The Labute approximate surface area is 49.5 Å². The van der Waals surface area contributed by atoms with Gasteiger partial charge in [-0.25, -0.2) is 0 Å². The average Bonchev–Trinajstić information content (AvgIpc) is 1.65. The first-order valence-corrected chi connectivity index (χ1v) is 2.55. The van der Waals surface area contributed by atoms with Gasteiger partial charge in [0.25, 0.3) is 0 Å². The fourth-order valence-corrected chi connectivity index (χ4v) is 0.279. The molecule has 0 unspecified atom stereocenters. The summed E-state index contributed by atoms with van der Waals surface area (Å²) in [4.78, 5) is 0. The number of rotatable bonds is 1. The SMILES string of the molecule is C=C(C)/C(C)=C/Cl. The lowest BCUT2D eigenvalue weighted by atomic mass is 10.2. The lowest BCUT2D eigenvalue weighted by Gasteiger charge is -1.90. The highest BCUT2D eigenvalue weighted by Crippen LogP contribution is 2.04. The smallest absolute Gasteiger partial charge is 0.00741 e. The van der Waals surface area contributed by atoms with Crippen molar-refractivity contribution in [2.24, 2.45) is 0 Å². The van der Waals surface area contributed by atoms with Crippen LogP contribution < -0.4 is 0 Å². The monoisotopic (exact) mass is 116 g/mol. The zero-order chi connectivity index (χ0) is 5.86. The van der Waals surface area contributed by atoms with E-state index in [2.05, 4.69) is 6.58 Å². The summed E-state index contributed by atoms with van der Waals surface area (Å²) in [5.74, 6) is 0. The molecule has 0 amide bonds. The van der Waals surface area contributed by atoms with E-state index in [-0.39, 0.29) is 0 Å². The Morgan fingerprint density at radius 1 is 1.57 bits per heavy atom. The lowest BCUT2D eigenvalue weighted by molar-refractivity contribution is 1.38. The highest BCUT2D eigenvalue weighted by molar-refractivity contribution is 6.25. The Morgan fingerprint density at radius 3 is 2.00 bits per heavy atom. The zero-order valence-corrected chi connectivity index (χ0v) is 5.42. The van der Waals surface area contributed by atoms with Gasteiger partial charge in [0, 0.05) is 5.54 Å². The summed E-state index contributed by atoms with van der Waals surface area (Å²) in [6.45, 7) is 7.52. The van der Waals surface area contributed by atoms with E-state index < -0.39 is 0 Å². The minimum absolute atomic E-state index is 1.02. The van der Waals surface area contributed by atoms with Crippen LogP contribution >= 0.6 is 11.6 Å². The first-order chi connectivity index (χ1) is 3.18. The van der Waals surface area contributed by atoms with Crippen molar-refractivity contribution in [3.8, 4) is 0 Å². The fraction of sp³-hybridized carbons (Fsp3) is 0.333. The van der Waals surface area contributed by atoms with Crippen molar-refractivity contribution in [3.63, 3.8) is 0 Å². The van der Waals surface area contributed by atoms with Crippen LogP contribution in [0.2, 0.25) is 0 Å². The molecule has 0 fully saturated rings. The van der Waals surface area contributed by atoms with Crippen LogP contribution in [0.1, 0.15) is 13.8 Å². The highest BCUT2D eigenvalue weighted by atomic mass is 35.5. The molecule has 0 bridgehead atoms. The van der Waals surface area contributed by atoms with Crippen molar-refractivity contribution in [1.29, 1.82) is 0 Å². The topological polar surface area (TPSA) is 0 Å². The molecule has 1 heteroatoms. The molecule has 0 aromatic carbocycles. The van der Waals surface area contributed by atoms with Crippen LogP contribution in [0, 0.1) is 0 Å². The van der Waals surface area contributed by atoms with Crippen molar-refractivity contribution in [3.05, 3.63) is 23.3 Å². The molecule has 0 saturated carbocycles. The third-order valence-corrected chi connectivity index (χ3v) is 1.16. The van der Waals surface area contributed by atoms with Gasteiger partial charge in [-0.3, -0.25) is 0 Å². The molecular formula is C6H9Cl. The van der Waals surface area contributed by atoms with Crippen molar-refractivity contribution >= 4 is 11.6 Å². The van der Waals surface area contributed by atoms with E-state index in [1.54, 1.807) is 0 Å². The van der Waals surface area contributed by atoms with E-state index in [1.807, 2.05) is 13.8 Å². The van der Waals surface area contributed by atoms with Gasteiger partial charge in [-0.15, -0.1) is 0 Å². The van der Waals surface area contributed by atoms with Gasteiger partial charge in [0.1, 0.15) is 0 Å². The molecule has 0 heterocycles. The number of hydrogen-bond donors (Lipinski definition) is 0. The molecule has 0 spiro atoms. The van der Waals surface area contributed by atoms with Crippen LogP contribution in [0.15, 0.2) is 23.3 Å². The van der Waals surface area contributed by atoms with E-state index in [1.165, 1.54) is 5.54 Å². The van der Waals surface area contributed by atoms with Gasteiger partial charge in [-0.2, -0.15) is 0 Å². The largest absolute Gasteiger partial charge is 0.0958 e. The second kappa shape index (κ2) is 2.86. The van der Waals surface area contributed by atoms with Gasteiger partial charge in [0.15, 0.2) is 0 Å². The van der Waals surface area contributed by atoms with Gasteiger partial charge >= 0.3 is 0 Å². The molecule has 0 aliphatic carbocycles. The summed E-state index contributed by atoms with van der Waals surface area (Å²) in [6, 6.07) is 0. The molecular weight excluding hydrogens is 108 g/mol. The first kappa shape index (κ1) is 6.77. The first-order valence-electron chi connectivity index (χ1n) is 2.11. The van der Waals surface area contributed by atoms with Crippen LogP contribution in [0.25, 0.3) is 0 Å². The molecule has 0 aliphatic heterocycles. The van der Waals surface area contributed by atoms with Crippen LogP contribution in [-0.4, -0.2) is 0 Å². The molecule has 7 heavy (non-hydrogen) atoms. The molecule has 0 aromatic rings. The molecule has 0 saturated heterocycles. The van der Waals surface area contributed by atoms with E-state index in [9.17, 15) is 0 Å². The molecule has 0 atom stereocenters. The quantitative estimate of drug-likeness (QED) is 0.462. The normalized spacial score (nSPS) is 11.6. The Hall–Kier alpha value is -0.230. The van der Waals surface area contributed by atoms with Gasteiger partial charge < -0.3 is 0 Å². The second-order valence-corrected chi connectivity index (χ2v) is 1.79. The summed E-state index contributed by atoms with van der Waals surface area (Å²) in [6.07, 6.45) is 0. The predicted octanol–water partition coefficient (Wildman–Crippen LogP) is 2.71. The molecule has 0 aliphatic rings. The molecule has 0 N–H and O–H groups in total. The summed E-state index contributed by atoms with van der Waals surface area (Å²) in [7, 11) is 0. The van der Waals surface area contributed by atoms with E-state index >= 15 is 0 Å². The maximum atomic E-state index is 5.32. The summed E-state index contributed by atoms with van der Waals surface area (Å²) < 4.78 is 0. The average molecular weight is 117 g/mol. The molecule has 40 valence electrons. The van der Waals surface area contributed by atoms with Gasteiger partial charge in [0.2, 0.25) is 0 Å². The van der Waals surface area contributed by atoms with Crippen LogP contribution in [0.3, 0.4) is 0 Å². The minimum atomic E-state index is 1.02. The number of halogens is 1. The fourth-order valence-electron chi connectivity index (χ4n) is 0.0931. The van der Waals surface area contributed by atoms with E-state index in [4.69, 9.17) is 11.6 Å². The van der Waals surface area contributed by atoms with Crippen LogP contribution in [0.5, 0.6) is 0 Å². The van der Waals surface area contributed by atoms with E-state index in [0.29, 0.717) is 0 Å². The number of hydrogen-bond acceptors (Lipinski definition) is 0. The molecule has 0 aromatic heterocycles. The van der Waals surface area contributed by atoms with Crippen LogP contribution in [0.4, 0.5) is 0 Å².